The van der Waals surface area contributed by atoms with Gasteiger partial charge in [-0.2, -0.15) is 0 Å². The lowest BCUT2D eigenvalue weighted by Crippen LogP contribution is -2.28. The number of nitrogens with one attached hydrogen (secondary N) is 1. The quantitative estimate of drug-likeness (QED) is 0.172. The first-order valence-electron chi connectivity index (χ1n) is 13.8. The summed E-state index contributed by atoms with van der Waals surface area (Å²) in [4.78, 5) is 4.88. The molecule has 0 bridgehead atoms. The Morgan fingerprint density at radius 1 is 0.850 bits per heavy atom. The molecule has 1 aliphatic carbocycles. The monoisotopic (exact) mass is 540 g/mol. The summed E-state index contributed by atoms with van der Waals surface area (Å²) in [5, 5.41) is 6.77. The van der Waals surface area contributed by atoms with Crippen LogP contribution in [0.4, 0.5) is 11.4 Å². The van der Waals surface area contributed by atoms with Crippen molar-refractivity contribution >= 4 is 40.0 Å². The summed E-state index contributed by atoms with van der Waals surface area (Å²) in [6.07, 6.45) is 7.73. The van der Waals surface area contributed by atoms with Gasteiger partial charge in [0.25, 0.3) is 0 Å². The number of anilines is 1. The van der Waals surface area contributed by atoms with Crippen molar-refractivity contribution in [1.82, 2.24) is 0 Å². The Balaban J connectivity index is 1.16. The summed E-state index contributed by atoms with van der Waals surface area (Å²) >= 11 is 6.38. The number of rotatable bonds is 6. The van der Waals surface area contributed by atoms with E-state index in [-0.39, 0.29) is 6.04 Å². The Hall–Kier alpha value is -4.34. The van der Waals surface area contributed by atoms with Gasteiger partial charge < -0.3 is 10.1 Å². The summed E-state index contributed by atoms with van der Waals surface area (Å²) in [5.41, 5.74) is 6.75. The number of hydrogen-bond donors (Lipinski definition) is 1. The summed E-state index contributed by atoms with van der Waals surface area (Å²) in [6.45, 7) is 0.391. The minimum atomic E-state index is 0.274. The van der Waals surface area contributed by atoms with Gasteiger partial charge >= 0.3 is 0 Å². The molecule has 0 amide bonds. The fourth-order valence-corrected chi connectivity index (χ4v) is 6.28. The maximum atomic E-state index is 6.38. The molecule has 2 aliphatic rings. The lowest BCUT2D eigenvalue weighted by atomic mass is 9.77. The molecule has 1 aliphatic heterocycles. The first-order chi connectivity index (χ1) is 19.7. The second-order valence-electron chi connectivity index (χ2n) is 10.5. The van der Waals surface area contributed by atoms with Crippen LogP contribution in [-0.2, 0) is 6.61 Å². The van der Waals surface area contributed by atoms with Gasteiger partial charge in [0, 0.05) is 34.0 Å². The molecule has 40 heavy (non-hydrogen) atoms. The predicted octanol–water partition coefficient (Wildman–Crippen LogP) is 9.65. The van der Waals surface area contributed by atoms with E-state index in [1.807, 2.05) is 48.7 Å². The predicted molar refractivity (Wildman–Crippen MR) is 166 cm³/mol. The number of ether oxygens (including phenoxy) is 1. The summed E-state index contributed by atoms with van der Waals surface area (Å²) in [6, 6.07) is 37.8. The van der Waals surface area contributed by atoms with Crippen molar-refractivity contribution < 1.29 is 4.74 Å². The molecule has 4 heteroatoms. The molecule has 0 radical (unpaired) electrons. The van der Waals surface area contributed by atoms with Crippen molar-refractivity contribution in [3.63, 3.8) is 0 Å². The third-order valence-corrected chi connectivity index (χ3v) is 8.51. The van der Waals surface area contributed by atoms with E-state index in [2.05, 4.69) is 84.2 Å². The van der Waals surface area contributed by atoms with Gasteiger partial charge in [0.15, 0.2) is 0 Å². The Kier molecular flexibility index (Phi) is 6.59. The van der Waals surface area contributed by atoms with Crippen molar-refractivity contribution in [2.75, 3.05) is 5.32 Å². The molecule has 7 rings (SSSR count). The van der Waals surface area contributed by atoms with Gasteiger partial charge in [-0.05, 0) is 64.6 Å². The molecular formula is C36H29ClN2O. The lowest BCUT2D eigenvalue weighted by Gasteiger charge is -2.37. The molecule has 3 nitrogen and oxygen atoms in total. The molecule has 0 saturated heterocycles. The fourth-order valence-electron chi connectivity index (χ4n) is 6.09. The minimum absolute atomic E-state index is 0.274. The van der Waals surface area contributed by atoms with Gasteiger partial charge in [-0.15, -0.1) is 0 Å². The topological polar surface area (TPSA) is 33.6 Å². The number of nitrogens with zero attached hydrogens (tertiary/aromatic N) is 1. The molecule has 0 fully saturated rings. The van der Waals surface area contributed by atoms with Gasteiger partial charge in [0.05, 0.1) is 11.7 Å². The van der Waals surface area contributed by atoms with Crippen LogP contribution in [0.15, 0.2) is 126 Å². The van der Waals surface area contributed by atoms with Crippen LogP contribution < -0.4 is 10.1 Å². The number of allylic oxidation sites excluding steroid dienone is 2. The maximum Gasteiger partial charge on any atom is 0.129 e. The number of para-hydroxylation sites is 1. The number of aliphatic imine (C=N–C) groups is 1. The second-order valence-corrected chi connectivity index (χ2v) is 10.9. The summed E-state index contributed by atoms with van der Waals surface area (Å²) in [7, 11) is 0. The van der Waals surface area contributed by atoms with E-state index in [0.29, 0.717) is 23.5 Å². The molecule has 0 spiro atoms. The molecule has 0 aromatic heterocycles. The van der Waals surface area contributed by atoms with E-state index in [4.69, 9.17) is 21.3 Å². The van der Waals surface area contributed by atoms with Gasteiger partial charge in [0.1, 0.15) is 12.4 Å². The van der Waals surface area contributed by atoms with Gasteiger partial charge in [0.2, 0.25) is 0 Å². The van der Waals surface area contributed by atoms with Crippen LogP contribution in [0.5, 0.6) is 5.75 Å². The molecule has 1 heterocycles. The highest BCUT2D eigenvalue weighted by Gasteiger charge is 2.37. The van der Waals surface area contributed by atoms with E-state index in [1.54, 1.807) is 0 Å². The van der Waals surface area contributed by atoms with Crippen molar-refractivity contribution in [2.45, 2.75) is 25.0 Å². The van der Waals surface area contributed by atoms with E-state index in [1.165, 1.54) is 16.8 Å². The Morgan fingerprint density at radius 3 is 2.55 bits per heavy atom. The molecule has 3 atom stereocenters. The second kappa shape index (κ2) is 10.7. The number of benzene rings is 5. The van der Waals surface area contributed by atoms with Crippen LogP contribution in [0.1, 0.15) is 40.6 Å². The van der Waals surface area contributed by atoms with E-state index in [9.17, 15) is 0 Å². The van der Waals surface area contributed by atoms with Gasteiger partial charge in [-0.3, -0.25) is 4.99 Å². The molecular weight excluding hydrogens is 512 g/mol. The van der Waals surface area contributed by atoms with Crippen molar-refractivity contribution in [1.29, 1.82) is 0 Å². The zero-order valence-corrected chi connectivity index (χ0v) is 22.8. The zero-order chi connectivity index (χ0) is 26.9. The average molecular weight is 541 g/mol. The smallest absolute Gasteiger partial charge is 0.129 e. The van der Waals surface area contributed by atoms with Crippen LogP contribution in [0.2, 0.25) is 5.02 Å². The van der Waals surface area contributed by atoms with Crippen LogP contribution in [0, 0.1) is 5.92 Å². The minimum Gasteiger partial charge on any atom is -0.488 e. The molecule has 0 unspecified atom stereocenters. The third-order valence-electron chi connectivity index (χ3n) is 8.14. The fraction of sp³-hybridized carbons (Fsp3) is 0.139. The van der Waals surface area contributed by atoms with Crippen LogP contribution in [0.3, 0.4) is 0 Å². The number of halogens is 1. The van der Waals surface area contributed by atoms with E-state index in [0.717, 1.165) is 39.8 Å². The lowest BCUT2D eigenvalue weighted by molar-refractivity contribution is 0.306. The first-order valence-corrected chi connectivity index (χ1v) is 14.2. The largest absolute Gasteiger partial charge is 0.488 e. The summed E-state index contributed by atoms with van der Waals surface area (Å²) < 4.78 is 6.28. The Morgan fingerprint density at radius 2 is 1.65 bits per heavy atom. The number of fused-ring (bicyclic) bond motifs is 4. The summed E-state index contributed by atoms with van der Waals surface area (Å²) in [5.74, 6) is 1.78. The van der Waals surface area contributed by atoms with E-state index >= 15 is 0 Å². The van der Waals surface area contributed by atoms with Crippen molar-refractivity contribution in [3.8, 4) is 5.75 Å². The maximum absolute atomic E-state index is 6.38. The van der Waals surface area contributed by atoms with Crippen LogP contribution >= 0.6 is 11.6 Å². The Labute approximate surface area is 239 Å². The first kappa shape index (κ1) is 24.7. The zero-order valence-electron chi connectivity index (χ0n) is 22.0. The van der Waals surface area contributed by atoms with Crippen molar-refractivity contribution in [2.24, 2.45) is 10.9 Å². The molecule has 0 saturated carbocycles. The highest BCUT2D eigenvalue weighted by Crippen LogP contribution is 2.49. The van der Waals surface area contributed by atoms with Gasteiger partial charge in [-0.1, -0.05) is 103 Å². The normalized spacial score (nSPS) is 19.4. The SMILES string of the molecule is Clc1ccccc1COc1ccc2ccccc2c1C=Nc1ccc([C@@H]2Nc3ccccc3[C@H]3C=CC[C@@H]32)cc1. The standard InChI is InChI=1S/C36H29ClN2O/c37-33-14-5-2-9-26(33)23-40-35-21-18-24-8-1-3-10-28(24)32(35)22-38-27-19-16-25(17-20-27)36-31-13-7-12-29(31)30-11-4-6-15-34(30)39-36/h1-12,14-22,29,31,36,39H,13,23H2/t29-,31+,36+/m1/s1. The van der Waals surface area contributed by atoms with Crippen LogP contribution in [-0.4, -0.2) is 6.21 Å². The highest BCUT2D eigenvalue weighted by atomic mass is 35.5. The third kappa shape index (κ3) is 4.67. The molecule has 5 aromatic carbocycles. The average Bonchev–Trinajstić information content (AvgIpc) is 3.50. The number of hydrogen-bond acceptors (Lipinski definition) is 3. The van der Waals surface area contributed by atoms with Gasteiger partial charge in [-0.25, -0.2) is 0 Å². The van der Waals surface area contributed by atoms with E-state index < -0.39 is 0 Å². The molecule has 5 aromatic rings. The van der Waals surface area contributed by atoms with Crippen LogP contribution in [0.25, 0.3) is 10.8 Å². The molecule has 1 N–H and O–H groups in total. The molecule has 196 valence electrons. The van der Waals surface area contributed by atoms with Crippen molar-refractivity contribution in [3.05, 3.63) is 149 Å². The highest BCUT2D eigenvalue weighted by molar-refractivity contribution is 6.31. The Bertz CT molecular complexity index is 1740.